The van der Waals surface area contributed by atoms with Crippen LogP contribution in [0.25, 0.3) is 0 Å². The summed E-state index contributed by atoms with van der Waals surface area (Å²) >= 11 is 1.21. The molecule has 0 amide bonds. The van der Waals surface area contributed by atoms with Crippen LogP contribution < -0.4 is 10.5 Å². The van der Waals surface area contributed by atoms with Gasteiger partial charge in [0.05, 0.1) is 15.5 Å². The highest BCUT2D eigenvalue weighted by atomic mass is 32.2. The van der Waals surface area contributed by atoms with Crippen molar-refractivity contribution in [2.24, 2.45) is 0 Å². The number of nitrogens with zero attached hydrogens (tertiary/aromatic N) is 2. The Kier molecular flexibility index (Phi) is 3.83. The number of aryl methyl sites for hydroxylation is 2. The first-order valence-corrected chi connectivity index (χ1v) is 8.01. The zero-order valence-electron chi connectivity index (χ0n) is 11.2. The van der Waals surface area contributed by atoms with Crippen molar-refractivity contribution in [3.8, 4) is 0 Å². The highest BCUT2D eigenvalue weighted by Gasteiger charge is 2.20. The monoisotopic (exact) mass is 328 g/mol. The molecule has 1 aromatic heterocycles. The van der Waals surface area contributed by atoms with E-state index in [0.717, 1.165) is 28.8 Å². The number of nitro groups is 1. The molecule has 0 unspecified atom stereocenters. The molecule has 0 atom stereocenters. The van der Waals surface area contributed by atoms with Crippen LogP contribution in [0, 0.1) is 24.0 Å². The van der Waals surface area contributed by atoms with Gasteiger partial charge in [0.25, 0.3) is 15.7 Å². The van der Waals surface area contributed by atoms with E-state index in [-0.39, 0.29) is 21.4 Å². The lowest BCUT2D eigenvalue weighted by atomic mass is 10.3. The zero-order chi connectivity index (χ0) is 15.8. The summed E-state index contributed by atoms with van der Waals surface area (Å²) in [6.45, 7) is 3.60. The molecular weight excluding hydrogens is 316 g/mol. The fourth-order valence-electron chi connectivity index (χ4n) is 1.56. The van der Waals surface area contributed by atoms with Crippen LogP contribution in [0.1, 0.15) is 10.6 Å². The zero-order valence-corrected chi connectivity index (χ0v) is 12.8. The van der Waals surface area contributed by atoms with Crippen LogP contribution in [-0.4, -0.2) is 18.3 Å². The molecule has 0 aliphatic rings. The van der Waals surface area contributed by atoms with E-state index in [1.54, 1.807) is 6.92 Å². The topological polar surface area (TPSA) is 128 Å². The number of hydrogen-bond donors (Lipinski definition) is 2. The molecule has 0 spiro atoms. The van der Waals surface area contributed by atoms with Crippen LogP contribution in [0.5, 0.6) is 0 Å². The number of nitrogens with one attached hydrogen (secondary N) is 1. The third-order valence-corrected chi connectivity index (χ3v) is 5.21. The summed E-state index contributed by atoms with van der Waals surface area (Å²) in [6.07, 6.45) is 0. The number of nitrogen functional groups attached to an aromatic ring is 1. The standard InChI is InChI=1S/C11H12N4O4S2/c1-6-7(2)20-11(13-6)14-21(18,19)8-3-4-10(15(16)17)9(12)5-8/h3-5H,12H2,1-2H3,(H,13,14). The van der Waals surface area contributed by atoms with Gasteiger partial charge in [-0.15, -0.1) is 11.3 Å². The molecule has 0 bridgehead atoms. The number of rotatable bonds is 4. The molecule has 0 radical (unpaired) electrons. The van der Waals surface area contributed by atoms with Crippen LogP contribution in [0.15, 0.2) is 23.1 Å². The Morgan fingerprint density at radius 1 is 1.38 bits per heavy atom. The summed E-state index contributed by atoms with van der Waals surface area (Å²) < 4.78 is 26.7. The highest BCUT2D eigenvalue weighted by Crippen LogP contribution is 2.27. The van der Waals surface area contributed by atoms with Crippen LogP contribution in [0.4, 0.5) is 16.5 Å². The van der Waals surface area contributed by atoms with Gasteiger partial charge < -0.3 is 5.73 Å². The maximum Gasteiger partial charge on any atom is 0.292 e. The van der Waals surface area contributed by atoms with Gasteiger partial charge in [-0.1, -0.05) is 0 Å². The molecule has 112 valence electrons. The van der Waals surface area contributed by atoms with Crippen molar-refractivity contribution >= 4 is 37.9 Å². The second kappa shape index (κ2) is 5.30. The Morgan fingerprint density at radius 3 is 2.52 bits per heavy atom. The van der Waals surface area contributed by atoms with E-state index in [1.807, 2.05) is 6.92 Å². The van der Waals surface area contributed by atoms with Crippen molar-refractivity contribution < 1.29 is 13.3 Å². The second-order valence-corrected chi connectivity index (χ2v) is 7.13. The molecule has 8 nitrogen and oxygen atoms in total. The smallest absolute Gasteiger partial charge is 0.292 e. The van der Waals surface area contributed by atoms with Crippen LogP contribution in [0.3, 0.4) is 0 Å². The normalized spacial score (nSPS) is 11.3. The predicted molar refractivity (Wildman–Crippen MR) is 79.9 cm³/mol. The molecule has 1 aromatic carbocycles. The molecule has 0 saturated heterocycles. The predicted octanol–water partition coefficient (Wildman–Crippen LogP) is 2.05. The van der Waals surface area contributed by atoms with Crippen molar-refractivity contribution in [1.29, 1.82) is 0 Å². The number of aromatic nitrogens is 1. The summed E-state index contributed by atoms with van der Waals surface area (Å²) in [5, 5.41) is 10.9. The summed E-state index contributed by atoms with van der Waals surface area (Å²) in [5.74, 6) is 0. The van der Waals surface area contributed by atoms with E-state index in [0.29, 0.717) is 0 Å². The largest absolute Gasteiger partial charge is 0.393 e. The van der Waals surface area contributed by atoms with Gasteiger partial charge >= 0.3 is 0 Å². The van der Waals surface area contributed by atoms with Gasteiger partial charge in [-0.2, -0.15) is 0 Å². The van der Waals surface area contributed by atoms with Gasteiger partial charge in [-0.3, -0.25) is 14.8 Å². The third-order valence-electron chi connectivity index (χ3n) is 2.76. The Bertz CT molecular complexity index is 794. The van der Waals surface area contributed by atoms with Crippen molar-refractivity contribution in [3.05, 3.63) is 38.9 Å². The van der Waals surface area contributed by atoms with E-state index in [1.165, 1.54) is 11.3 Å². The highest BCUT2D eigenvalue weighted by molar-refractivity contribution is 7.93. The lowest BCUT2D eigenvalue weighted by Crippen LogP contribution is -2.13. The Labute approximate surface area is 124 Å². The van der Waals surface area contributed by atoms with Crippen molar-refractivity contribution in [3.63, 3.8) is 0 Å². The minimum absolute atomic E-state index is 0.156. The van der Waals surface area contributed by atoms with E-state index in [4.69, 9.17) is 5.73 Å². The molecule has 0 aliphatic carbocycles. The Hall–Kier alpha value is -2.20. The van der Waals surface area contributed by atoms with Crippen molar-refractivity contribution in [2.45, 2.75) is 18.7 Å². The Morgan fingerprint density at radius 2 is 2.05 bits per heavy atom. The summed E-state index contributed by atoms with van der Waals surface area (Å²) in [5.41, 5.74) is 5.68. The maximum absolute atomic E-state index is 12.2. The number of sulfonamides is 1. The molecule has 0 saturated carbocycles. The summed E-state index contributed by atoms with van der Waals surface area (Å²) in [6, 6.07) is 3.24. The number of hydrogen-bond acceptors (Lipinski definition) is 7. The first-order chi connectivity index (χ1) is 9.70. The minimum atomic E-state index is -3.89. The molecule has 0 aliphatic heterocycles. The molecule has 2 rings (SSSR count). The van der Waals surface area contributed by atoms with Gasteiger partial charge in [-0.25, -0.2) is 13.4 Å². The summed E-state index contributed by atoms with van der Waals surface area (Å²) in [4.78, 5) is 14.8. The van der Waals surface area contributed by atoms with Gasteiger partial charge in [0.15, 0.2) is 5.13 Å². The lowest BCUT2D eigenvalue weighted by molar-refractivity contribution is -0.383. The van der Waals surface area contributed by atoms with Gasteiger partial charge in [-0.05, 0) is 26.0 Å². The number of benzene rings is 1. The first-order valence-electron chi connectivity index (χ1n) is 5.71. The molecule has 3 N–H and O–H groups in total. The maximum atomic E-state index is 12.2. The van der Waals surface area contributed by atoms with Crippen LogP contribution in [0.2, 0.25) is 0 Å². The molecule has 0 fully saturated rings. The lowest BCUT2D eigenvalue weighted by Gasteiger charge is -2.06. The Balaban J connectivity index is 2.35. The molecule has 21 heavy (non-hydrogen) atoms. The quantitative estimate of drug-likeness (QED) is 0.502. The molecular formula is C11H12N4O4S2. The van der Waals surface area contributed by atoms with Crippen LogP contribution >= 0.6 is 11.3 Å². The van der Waals surface area contributed by atoms with Gasteiger partial charge in [0.1, 0.15) is 5.69 Å². The van der Waals surface area contributed by atoms with Crippen molar-refractivity contribution in [2.75, 3.05) is 10.5 Å². The van der Waals surface area contributed by atoms with Crippen molar-refractivity contribution in [1.82, 2.24) is 4.98 Å². The molecule has 10 heteroatoms. The van der Waals surface area contributed by atoms with E-state index < -0.39 is 14.9 Å². The van der Waals surface area contributed by atoms with E-state index in [2.05, 4.69) is 9.71 Å². The van der Waals surface area contributed by atoms with Gasteiger partial charge in [0, 0.05) is 10.9 Å². The minimum Gasteiger partial charge on any atom is -0.393 e. The summed E-state index contributed by atoms with van der Waals surface area (Å²) in [7, 11) is -3.89. The number of thiazole rings is 1. The average molecular weight is 328 g/mol. The van der Waals surface area contributed by atoms with Gasteiger partial charge in [0.2, 0.25) is 0 Å². The first kappa shape index (κ1) is 15.2. The molecule has 1 heterocycles. The van der Waals surface area contributed by atoms with Crippen LogP contribution in [-0.2, 0) is 10.0 Å². The number of anilines is 2. The molecule has 2 aromatic rings. The van der Waals surface area contributed by atoms with E-state index >= 15 is 0 Å². The fraction of sp³-hybridized carbons (Fsp3) is 0.182. The fourth-order valence-corrected chi connectivity index (χ4v) is 3.64. The number of nitro benzene ring substituents is 1. The van der Waals surface area contributed by atoms with E-state index in [9.17, 15) is 18.5 Å². The SMILES string of the molecule is Cc1nc(NS(=O)(=O)c2ccc([N+](=O)[O-])c(N)c2)sc1C. The second-order valence-electron chi connectivity index (χ2n) is 4.24. The average Bonchev–Trinajstić information content (AvgIpc) is 2.66. The number of nitrogens with two attached hydrogens (primary N) is 1. The third kappa shape index (κ3) is 3.11.